The van der Waals surface area contributed by atoms with Gasteiger partial charge in [0.1, 0.15) is 5.00 Å². The van der Waals surface area contributed by atoms with Crippen LogP contribution in [0.4, 0.5) is 5.00 Å². The zero-order valence-corrected chi connectivity index (χ0v) is 19.5. The Labute approximate surface area is 188 Å². The van der Waals surface area contributed by atoms with E-state index in [1.54, 1.807) is 26.2 Å². The van der Waals surface area contributed by atoms with E-state index in [0.29, 0.717) is 10.6 Å². The molecule has 0 aliphatic heterocycles. The third-order valence-electron chi connectivity index (χ3n) is 4.85. The summed E-state index contributed by atoms with van der Waals surface area (Å²) in [7, 11) is 0. The van der Waals surface area contributed by atoms with Gasteiger partial charge in [-0.1, -0.05) is 11.3 Å². The van der Waals surface area contributed by atoms with Crippen LogP contribution in [0.15, 0.2) is 10.2 Å². The highest BCUT2D eigenvalue weighted by Gasteiger charge is 2.28. The second-order valence-electron chi connectivity index (χ2n) is 7.62. The van der Waals surface area contributed by atoms with Gasteiger partial charge in [-0.05, 0) is 52.0 Å². The molecule has 31 heavy (non-hydrogen) atoms. The van der Waals surface area contributed by atoms with E-state index < -0.39 is 24.5 Å². The Kier molecular flexibility index (Phi) is 7.66. The number of aromatic nitrogens is 1. The number of anilines is 1. The van der Waals surface area contributed by atoms with Gasteiger partial charge < -0.3 is 19.4 Å². The molecule has 2 aromatic heterocycles. The minimum Gasteiger partial charge on any atom is -0.459 e. The number of hydrogen-bond acceptors (Lipinski definition) is 8. The number of nitrogens with zero attached hydrogens (tertiary/aromatic N) is 1. The van der Waals surface area contributed by atoms with Gasteiger partial charge in [0, 0.05) is 22.5 Å². The summed E-state index contributed by atoms with van der Waals surface area (Å²) in [6, 6.07) is 0. The molecule has 10 heteroatoms. The molecule has 0 aromatic carbocycles. The molecule has 0 atom stereocenters. The van der Waals surface area contributed by atoms with Gasteiger partial charge in [-0.2, -0.15) is 0 Å². The minimum atomic E-state index is -0.572. The van der Waals surface area contributed by atoms with Gasteiger partial charge >= 0.3 is 16.8 Å². The van der Waals surface area contributed by atoms with E-state index in [-0.39, 0.29) is 23.9 Å². The second-order valence-corrected chi connectivity index (χ2v) is 9.55. The third-order valence-corrected chi connectivity index (χ3v) is 6.94. The van der Waals surface area contributed by atoms with Gasteiger partial charge in [0.25, 0.3) is 5.91 Å². The molecule has 0 unspecified atom stereocenters. The Bertz CT molecular complexity index is 1030. The molecule has 168 valence electrons. The topological polar surface area (TPSA) is 104 Å². The van der Waals surface area contributed by atoms with Crippen LogP contribution in [-0.2, 0) is 38.4 Å². The third kappa shape index (κ3) is 5.82. The Morgan fingerprint density at radius 3 is 2.65 bits per heavy atom. The molecule has 1 aliphatic rings. The molecule has 0 spiro atoms. The maximum atomic E-state index is 12.6. The van der Waals surface area contributed by atoms with Gasteiger partial charge in [-0.3, -0.25) is 14.4 Å². The van der Waals surface area contributed by atoms with Gasteiger partial charge in [0.2, 0.25) is 0 Å². The van der Waals surface area contributed by atoms with Gasteiger partial charge in [-0.15, -0.1) is 11.3 Å². The van der Waals surface area contributed by atoms with Crippen molar-refractivity contribution in [2.75, 3.05) is 11.9 Å². The quantitative estimate of drug-likeness (QED) is 0.599. The molecule has 1 N–H and O–H groups in total. The van der Waals surface area contributed by atoms with Crippen molar-refractivity contribution < 1.29 is 23.9 Å². The Balaban J connectivity index is 1.59. The first-order valence-corrected chi connectivity index (χ1v) is 11.9. The number of fused-ring (bicyclic) bond motifs is 1. The summed E-state index contributed by atoms with van der Waals surface area (Å²) in [6.07, 6.45) is 3.40. The molecule has 0 saturated heterocycles. The van der Waals surface area contributed by atoms with Gasteiger partial charge in [0.05, 0.1) is 18.1 Å². The number of nitrogens with one attached hydrogen (secondary N) is 1. The monoisotopic (exact) mass is 466 g/mol. The smallest absolute Gasteiger partial charge is 0.341 e. The average molecular weight is 467 g/mol. The summed E-state index contributed by atoms with van der Waals surface area (Å²) in [4.78, 5) is 49.6. The second kappa shape index (κ2) is 10.2. The van der Waals surface area contributed by atoms with Crippen LogP contribution >= 0.6 is 22.7 Å². The van der Waals surface area contributed by atoms with Crippen LogP contribution < -0.4 is 10.2 Å². The summed E-state index contributed by atoms with van der Waals surface area (Å²) in [5.41, 5.74) is 2.15. The lowest BCUT2D eigenvalue weighted by molar-refractivity contribution is -0.147. The molecule has 3 rings (SSSR count). The van der Waals surface area contributed by atoms with Crippen LogP contribution in [0.2, 0.25) is 0 Å². The number of esters is 2. The fourth-order valence-corrected chi connectivity index (χ4v) is 5.46. The minimum absolute atomic E-state index is 0.00990. The highest BCUT2D eigenvalue weighted by molar-refractivity contribution is 7.17. The van der Waals surface area contributed by atoms with E-state index in [4.69, 9.17) is 9.47 Å². The van der Waals surface area contributed by atoms with E-state index in [1.807, 2.05) is 0 Å². The van der Waals surface area contributed by atoms with Crippen molar-refractivity contribution >= 4 is 45.5 Å². The number of thiophene rings is 1. The van der Waals surface area contributed by atoms with E-state index in [1.165, 1.54) is 15.9 Å². The predicted octanol–water partition coefficient (Wildman–Crippen LogP) is 3.30. The van der Waals surface area contributed by atoms with Crippen LogP contribution in [0.5, 0.6) is 0 Å². The maximum absolute atomic E-state index is 12.6. The molecular formula is C21H26N2O6S2. The normalized spacial score (nSPS) is 13.0. The zero-order chi connectivity index (χ0) is 22.5. The number of thiazole rings is 1. The summed E-state index contributed by atoms with van der Waals surface area (Å²) in [6.45, 7) is 5.09. The summed E-state index contributed by atoms with van der Waals surface area (Å²) in [5.74, 6) is -1.54. The molecule has 0 radical (unpaired) electrons. The number of hydrogen-bond donors (Lipinski definition) is 1. The largest absolute Gasteiger partial charge is 0.459 e. The fourth-order valence-electron chi connectivity index (χ4n) is 3.40. The van der Waals surface area contributed by atoms with Crippen molar-refractivity contribution in [3.05, 3.63) is 36.7 Å². The van der Waals surface area contributed by atoms with E-state index in [0.717, 1.165) is 53.2 Å². The maximum Gasteiger partial charge on any atom is 0.341 e. The Morgan fingerprint density at radius 2 is 1.97 bits per heavy atom. The zero-order valence-electron chi connectivity index (χ0n) is 17.8. The molecule has 8 nitrogen and oxygen atoms in total. The van der Waals surface area contributed by atoms with Crippen LogP contribution in [0.3, 0.4) is 0 Å². The molecule has 2 aromatic rings. The van der Waals surface area contributed by atoms with E-state index >= 15 is 0 Å². The first kappa shape index (κ1) is 23.2. The summed E-state index contributed by atoms with van der Waals surface area (Å²) in [5, 5.41) is 4.88. The van der Waals surface area contributed by atoms with Crippen LogP contribution in [0.1, 0.15) is 59.6 Å². The number of aryl methyl sites for hydroxylation is 2. The molecule has 0 fully saturated rings. The van der Waals surface area contributed by atoms with Crippen molar-refractivity contribution in [2.24, 2.45) is 0 Å². The SMILES string of the molecule is Cc1csc(=O)n1CCC(=O)OCC(=O)Nc1sc2c(c1C(=O)OC(C)C)CCCC2. The van der Waals surface area contributed by atoms with E-state index in [2.05, 4.69) is 5.32 Å². The van der Waals surface area contributed by atoms with Crippen molar-refractivity contribution in [1.29, 1.82) is 0 Å². The molecule has 1 aliphatic carbocycles. The van der Waals surface area contributed by atoms with Crippen LogP contribution in [-0.4, -0.2) is 35.1 Å². The molecular weight excluding hydrogens is 440 g/mol. The van der Waals surface area contributed by atoms with Crippen LogP contribution in [0.25, 0.3) is 0 Å². The first-order valence-electron chi connectivity index (χ1n) is 10.2. The van der Waals surface area contributed by atoms with Crippen LogP contribution in [0, 0.1) is 6.92 Å². The van der Waals surface area contributed by atoms with Gasteiger partial charge in [0.15, 0.2) is 6.61 Å². The lowest BCUT2D eigenvalue weighted by atomic mass is 9.95. The van der Waals surface area contributed by atoms with Crippen molar-refractivity contribution in [2.45, 2.75) is 65.5 Å². The lowest BCUT2D eigenvalue weighted by Gasteiger charge is -2.14. The lowest BCUT2D eigenvalue weighted by Crippen LogP contribution is -2.23. The number of ether oxygens (including phenoxy) is 2. The van der Waals surface area contributed by atoms with Crippen molar-refractivity contribution in [3.8, 4) is 0 Å². The molecule has 2 heterocycles. The summed E-state index contributed by atoms with van der Waals surface area (Å²) < 4.78 is 11.9. The Hall–Kier alpha value is -2.46. The fraction of sp³-hybridized carbons (Fsp3) is 0.524. The number of amides is 1. The Morgan fingerprint density at radius 1 is 1.23 bits per heavy atom. The average Bonchev–Trinajstić information content (AvgIpc) is 3.23. The van der Waals surface area contributed by atoms with Crippen molar-refractivity contribution in [3.63, 3.8) is 0 Å². The number of rotatable bonds is 8. The summed E-state index contributed by atoms with van der Waals surface area (Å²) >= 11 is 2.46. The number of carbonyl (C=O) groups is 3. The molecule has 1 amide bonds. The molecule has 0 bridgehead atoms. The predicted molar refractivity (Wildman–Crippen MR) is 119 cm³/mol. The van der Waals surface area contributed by atoms with Gasteiger partial charge in [-0.25, -0.2) is 4.79 Å². The standard InChI is InChI=1S/C21H26N2O6S2/c1-12(2)29-20(26)18-14-6-4-5-7-15(14)31-19(18)22-16(24)10-28-17(25)8-9-23-13(3)11-30-21(23)27/h11-12H,4-10H2,1-3H3,(H,22,24). The highest BCUT2D eigenvalue weighted by Crippen LogP contribution is 2.38. The first-order chi connectivity index (χ1) is 14.8. The van der Waals surface area contributed by atoms with E-state index in [9.17, 15) is 19.2 Å². The molecule has 0 saturated carbocycles. The van der Waals surface area contributed by atoms with Crippen molar-refractivity contribution in [1.82, 2.24) is 4.57 Å². The highest BCUT2D eigenvalue weighted by atomic mass is 32.1. The number of carbonyl (C=O) groups excluding carboxylic acids is 3.